The number of rotatable bonds is 5. The van der Waals surface area contributed by atoms with Crippen LogP contribution in [0.3, 0.4) is 0 Å². The average molecular weight is 365 g/mol. The van der Waals surface area contributed by atoms with Gasteiger partial charge in [-0.1, -0.05) is 23.2 Å². The number of hydrogen-bond acceptors (Lipinski definition) is 3. The average Bonchev–Trinajstić information content (AvgIpc) is 2.41. The Morgan fingerprint density at radius 1 is 1.39 bits per heavy atom. The fourth-order valence-electron chi connectivity index (χ4n) is 1.92. The summed E-state index contributed by atoms with van der Waals surface area (Å²) in [6, 6.07) is 2.46. The monoisotopic (exact) mass is 364 g/mol. The standard InChI is InChI=1S/C16H23Cl2FN2O2/c1-10(13-11(17)6-7-12(19)14(13)18)20-8-9-21(5)15(22)23-16(2,3)4/h6-7,10,20H,8-9H2,1-5H3. The normalized spacial score (nSPS) is 12.9. The van der Waals surface area contributed by atoms with Crippen LogP contribution in [-0.2, 0) is 4.74 Å². The summed E-state index contributed by atoms with van der Waals surface area (Å²) in [5, 5.41) is 3.58. The van der Waals surface area contributed by atoms with Gasteiger partial charge in [-0.15, -0.1) is 0 Å². The van der Waals surface area contributed by atoms with Crippen LogP contribution in [0, 0.1) is 5.82 Å². The summed E-state index contributed by atoms with van der Waals surface area (Å²) < 4.78 is 18.8. The fourth-order valence-corrected chi connectivity index (χ4v) is 2.62. The number of amides is 1. The molecule has 130 valence electrons. The summed E-state index contributed by atoms with van der Waals surface area (Å²) in [7, 11) is 1.66. The van der Waals surface area contributed by atoms with E-state index in [9.17, 15) is 9.18 Å². The zero-order valence-electron chi connectivity index (χ0n) is 14.0. The van der Waals surface area contributed by atoms with Gasteiger partial charge >= 0.3 is 6.09 Å². The molecule has 0 fully saturated rings. The second-order valence-electron chi connectivity index (χ2n) is 6.33. The van der Waals surface area contributed by atoms with E-state index >= 15 is 0 Å². The van der Waals surface area contributed by atoms with E-state index in [-0.39, 0.29) is 11.1 Å². The first kappa shape index (κ1) is 20.0. The number of ether oxygens (including phenoxy) is 1. The number of carbonyl (C=O) groups is 1. The lowest BCUT2D eigenvalue weighted by molar-refractivity contribution is 0.0299. The number of halogens is 3. The van der Waals surface area contributed by atoms with Gasteiger partial charge in [-0.25, -0.2) is 9.18 Å². The molecule has 7 heteroatoms. The summed E-state index contributed by atoms with van der Waals surface area (Å²) >= 11 is 12.1. The van der Waals surface area contributed by atoms with E-state index in [4.69, 9.17) is 27.9 Å². The van der Waals surface area contributed by atoms with Crippen LogP contribution in [0.2, 0.25) is 10.0 Å². The van der Waals surface area contributed by atoms with E-state index in [2.05, 4.69) is 5.32 Å². The fraction of sp³-hybridized carbons (Fsp3) is 0.562. The molecule has 1 aromatic carbocycles. The van der Waals surface area contributed by atoms with Crippen LogP contribution in [-0.4, -0.2) is 36.7 Å². The topological polar surface area (TPSA) is 41.6 Å². The Kier molecular flexibility index (Phi) is 7.11. The second-order valence-corrected chi connectivity index (χ2v) is 7.12. The van der Waals surface area contributed by atoms with Crippen molar-refractivity contribution >= 4 is 29.3 Å². The number of nitrogens with zero attached hydrogens (tertiary/aromatic N) is 1. The minimum atomic E-state index is -0.533. The molecule has 0 aliphatic heterocycles. The first-order valence-corrected chi connectivity index (χ1v) is 8.09. The van der Waals surface area contributed by atoms with E-state index < -0.39 is 17.5 Å². The quantitative estimate of drug-likeness (QED) is 0.773. The van der Waals surface area contributed by atoms with Gasteiger partial charge in [0.2, 0.25) is 0 Å². The van der Waals surface area contributed by atoms with Crippen LogP contribution in [0.1, 0.15) is 39.3 Å². The van der Waals surface area contributed by atoms with Crippen LogP contribution in [0.25, 0.3) is 0 Å². The zero-order valence-corrected chi connectivity index (χ0v) is 15.6. The zero-order chi connectivity index (χ0) is 17.8. The Balaban J connectivity index is 2.56. The summed E-state index contributed by atoms with van der Waals surface area (Å²) in [4.78, 5) is 13.3. The minimum absolute atomic E-state index is 0.0120. The largest absolute Gasteiger partial charge is 0.444 e. The van der Waals surface area contributed by atoms with Crippen molar-refractivity contribution in [2.24, 2.45) is 0 Å². The molecule has 0 spiro atoms. The Morgan fingerprint density at radius 2 is 2.00 bits per heavy atom. The maximum atomic E-state index is 13.5. The molecule has 0 radical (unpaired) electrons. The molecule has 1 atom stereocenters. The minimum Gasteiger partial charge on any atom is -0.444 e. The number of nitrogens with one attached hydrogen (secondary N) is 1. The summed E-state index contributed by atoms with van der Waals surface area (Å²) in [6.07, 6.45) is -0.395. The van der Waals surface area contributed by atoms with Crippen molar-refractivity contribution < 1.29 is 13.9 Å². The van der Waals surface area contributed by atoms with Crippen molar-refractivity contribution in [3.8, 4) is 0 Å². The highest BCUT2D eigenvalue weighted by Crippen LogP contribution is 2.32. The van der Waals surface area contributed by atoms with Crippen LogP contribution >= 0.6 is 23.2 Å². The van der Waals surface area contributed by atoms with Gasteiger partial charge in [0.15, 0.2) is 0 Å². The van der Waals surface area contributed by atoms with Gasteiger partial charge in [0.25, 0.3) is 0 Å². The van der Waals surface area contributed by atoms with Crippen LogP contribution in [0.5, 0.6) is 0 Å². The lowest BCUT2D eigenvalue weighted by atomic mass is 10.1. The Morgan fingerprint density at radius 3 is 2.57 bits per heavy atom. The first-order chi connectivity index (χ1) is 10.5. The van der Waals surface area contributed by atoms with Gasteiger partial charge in [-0.05, 0) is 39.8 Å². The molecule has 1 N–H and O–H groups in total. The molecule has 4 nitrogen and oxygen atoms in total. The lowest BCUT2D eigenvalue weighted by Crippen LogP contribution is -2.38. The van der Waals surface area contributed by atoms with Gasteiger partial charge in [0, 0.05) is 36.8 Å². The highest BCUT2D eigenvalue weighted by Gasteiger charge is 2.20. The summed E-state index contributed by atoms with van der Waals surface area (Å²) in [5.41, 5.74) is -0.0254. The number of carbonyl (C=O) groups excluding carboxylic acids is 1. The molecule has 0 bridgehead atoms. The van der Waals surface area contributed by atoms with Crippen molar-refractivity contribution in [3.05, 3.63) is 33.6 Å². The molecule has 1 rings (SSSR count). The highest BCUT2D eigenvalue weighted by molar-refractivity contribution is 6.36. The van der Waals surface area contributed by atoms with E-state index in [0.717, 1.165) is 0 Å². The van der Waals surface area contributed by atoms with Crippen molar-refractivity contribution in [1.29, 1.82) is 0 Å². The molecular formula is C16H23Cl2FN2O2. The lowest BCUT2D eigenvalue weighted by Gasteiger charge is -2.25. The second kappa shape index (κ2) is 8.18. The number of benzene rings is 1. The van der Waals surface area contributed by atoms with E-state index in [0.29, 0.717) is 23.7 Å². The number of hydrogen-bond donors (Lipinski definition) is 1. The third-order valence-corrected chi connectivity index (χ3v) is 3.83. The highest BCUT2D eigenvalue weighted by atomic mass is 35.5. The van der Waals surface area contributed by atoms with Gasteiger partial charge in [0.05, 0.1) is 5.02 Å². The smallest absolute Gasteiger partial charge is 0.410 e. The van der Waals surface area contributed by atoms with Crippen molar-refractivity contribution in [2.75, 3.05) is 20.1 Å². The molecule has 0 aliphatic rings. The third-order valence-electron chi connectivity index (χ3n) is 3.12. The molecule has 23 heavy (non-hydrogen) atoms. The van der Waals surface area contributed by atoms with Gasteiger partial charge in [-0.3, -0.25) is 0 Å². The molecule has 1 unspecified atom stereocenters. The predicted octanol–water partition coefficient (Wildman–Crippen LogP) is 4.65. The predicted molar refractivity (Wildman–Crippen MR) is 91.7 cm³/mol. The van der Waals surface area contributed by atoms with Crippen molar-refractivity contribution in [2.45, 2.75) is 39.3 Å². The molecule has 0 saturated heterocycles. The van der Waals surface area contributed by atoms with Gasteiger partial charge < -0.3 is 15.0 Å². The van der Waals surface area contributed by atoms with Crippen molar-refractivity contribution in [3.63, 3.8) is 0 Å². The van der Waals surface area contributed by atoms with Crippen molar-refractivity contribution in [1.82, 2.24) is 10.2 Å². The van der Waals surface area contributed by atoms with E-state index in [1.54, 1.807) is 7.05 Å². The van der Waals surface area contributed by atoms with Gasteiger partial charge in [-0.2, -0.15) is 0 Å². The molecule has 1 aromatic rings. The maximum absolute atomic E-state index is 13.5. The van der Waals surface area contributed by atoms with Crippen LogP contribution < -0.4 is 5.32 Å². The van der Waals surface area contributed by atoms with E-state index in [1.165, 1.54) is 17.0 Å². The molecular weight excluding hydrogens is 342 g/mol. The molecule has 0 heterocycles. The SMILES string of the molecule is CC(NCCN(C)C(=O)OC(C)(C)C)c1c(Cl)ccc(F)c1Cl. The van der Waals surface area contributed by atoms with Gasteiger partial charge in [0.1, 0.15) is 11.4 Å². The Labute approximate surface area is 146 Å². The summed E-state index contributed by atoms with van der Waals surface area (Å²) in [5.74, 6) is -0.509. The molecule has 0 aliphatic carbocycles. The third kappa shape index (κ3) is 6.16. The van der Waals surface area contributed by atoms with E-state index in [1.807, 2.05) is 27.7 Å². The van der Waals surface area contributed by atoms with Crippen LogP contribution in [0.4, 0.5) is 9.18 Å². The van der Waals surface area contributed by atoms with Crippen LogP contribution in [0.15, 0.2) is 12.1 Å². The Bertz CT molecular complexity index is 562. The molecule has 1 amide bonds. The Hall–Kier alpha value is -1.04. The first-order valence-electron chi connectivity index (χ1n) is 7.34. The maximum Gasteiger partial charge on any atom is 0.410 e. The molecule has 0 saturated carbocycles. The number of likely N-dealkylation sites (N-methyl/N-ethyl adjacent to an activating group) is 1. The molecule has 0 aromatic heterocycles. The summed E-state index contributed by atoms with van der Waals surface area (Å²) in [6.45, 7) is 8.19.